The minimum absolute atomic E-state index is 0.891. The van der Waals surface area contributed by atoms with Crippen LogP contribution in [-0.4, -0.2) is 14.9 Å². The van der Waals surface area contributed by atoms with Crippen molar-refractivity contribution in [1.29, 1.82) is 0 Å². The molecular weight excluding hydrogens is 284 g/mol. The van der Waals surface area contributed by atoms with Crippen molar-refractivity contribution in [1.82, 2.24) is 0 Å². The van der Waals surface area contributed by atoms with Gasteiger partial charge in [0.1, 0.15) is 0 Å². The van der Waals surface area contributed by atoms with Gasteiger partial charge in [-0.2, -0.15) is 0 Å². The van der Waals surface area contributed by atoms with Crippen LogP contribution in [0.4, 0.5) is 0 Å². The molecule has 0 fully saturated rings. The van der Waals surface area contributed by atoms with E-state index >= 15 is 0 Å². The minimum Gasteiger partial charge on any atom is -0.418 e. The van der Waals surface area contributed by atoms with Crippen molar-refractivity contribution < 1.29 is 4.43 Å². The molecule has 22 heavy (non-hydrogen) atoms. The Bertz CT molecular complexity index is 226. The highest BCUT2D eigenvalue weighted by atomic mass is 28.4. The molecule has 0 unspecified atom stereocenters. The lowest BCUT2D eigenvalue weighted by molar-refractivity contribution is 0.327. The second-order valence-corrected chi connectivity index (χ2v) is 12.3. The molecule has 0 aromatic heterocycles. The van der Waals surface area contributed by atoms with Crippen molar-refractivity contribution in [2.45, 2.75) is 117 Å². The maximum atomic E-state index is 5.88. The van der Waals surface area contributed by atoms with Gasteiger partial charge in [-0.3, -0.25) is 0 Å². The smallest absolute Gasteiger partial charge is 0.186 e. The first kappa shape index (κ1) is 22.2. The van der Waals surface area contributed by atoms with Crippen LogP contribution in [-0.2, 0) is 4.43 Å². The van der Waals surface area contributed by atoms with E-state index in [4.69, 9.17) is 4.43 Å². The van der Waals surface area contributed by atoms with Gasteiger partial charge in [0, 0.05) is 6.61 Å². The van der Waals surface area contributed by atoms with Crippen LogP contribution >= 0.6 is 0 Å². The van der Waals surface area contributed by atoms with Gasteiger partial charge in [0.25, 0.3) is 0 Å². The molecule has 0 N–H and O–H groups in total. The first-order valence-electron chi connectivity index (χ1n) is 10.1. The van der Waals surface area contributed by atoms with Crippen LogP contribution in [0.2, 0.25) is 19.1 Å². The molecule has 0 aliphatic carbocycles. The third-order valence-electron chi connectivity index (χ3n) is 4.60. The maximum Gasteiger partial charge on any atom is 0.186 e. The Hall–Kier alpha value is 0.177. The second kappa shape index (κ2) is 14.7. The molecule has 0 saturated heterocycles. The highest BCUT2D eigenvalue weighted by Gasteiger charge is 2.20. The lowest BCUT2D eigenvalue weighted by Crippen LogP contribution is -2.29. The van der Waals surface area contributed by atoms with Crippen molar-refractivity contribution in [2.75, 3.05) is 6.61 Å². The van der Waals surface area contributed by atoms with E-state index in [2.05, 4.69) is 33.9 Å². The third-order valence-corrected chi connectivity index (χ3v) is 7.22. The number of hydrogen-bond acceptors (Lipinski definition) is 1. The standard InChI is InChI=1S/C20H44OSi/c1-6-21-22(4,5)19-17-15-13-11-9-7-8-10-12-14-16-18-20(2)3/h20H,6-19H2,1-5H3. The second-order valence-electron chi connectivity index (χ2n) is 8.01. The molecule has 1 nitrogen and oxygen atoms in total. The van der Waals surface area contributed by atoms with E-state index < -0.39 is 8.32 Å². The van der Waals surface area contributed by atoms with Crippen molar-refractivity contribution in [3.63, 3.8) is 0 Å². The van der Waals surface area contributed by atoms with Crippen molar-refractivity contribution in [3.8, 4) is 0 Å². The van der Waals surface area contributed by atoms with Crippen molar-refractivity contribution in [2.24, 2.45) is 5.92 Å². The van der Waals surface area contributed by atoms with E-state index in [1.807, 2.05) is 0 Å². The van der Waals surface area contributed by atoms with Gasteiger partial charge in [-0.25, -0.2) is 0 Å². The average Bonchev–Trinajstić information content (AvgIpc) is 2.43. The molecule has 0 aliphatic heterocycles. The predicted octanol–water partition coefficient (Wildman–Crippen LogP) is 7.57. The molecule has 134 valence electrons. The fourth-order valence-corrected chi connectivity index (χ4v) is 5.18. The SMILES string of the molecule is CCO[Si](C)(C)CCCCCCCCCCCCCC(C)C. The monoisotopic (exact) mass is 328 g/mol. The summed E-state index contributed by atoms with van der Waals surface area (Å²) in [7, 11) is -1.31. The van der Waals surface area contributed by atoms with E-state index in [9.17, 15) is 0 Å². The number of rotatable bonds is 16. The summed E-state index contributed by atoms with van der Waals surface area (Å²) in [5.41, 5.74) is 0. The molecule has 0 atom stereocenters. The van der Waals surface area contributed by atoms with E-state index in [1.165, 1.54) is 83.1 Å². The molecule has 0 heterocycles. The maximum absolute atomic E-state index is 5.88. The van der Waals surface area contributed by atoms with Gasteiger partial charge in [0.05, 0.1) is 0 Å². The van der Waals surface area contributed by atoms with E-state index in [1.54, 1.807) is 0 Å². The zero-order chi connectivity index (χ0) is 16.7. The quantitative estimate of drug-likeness (QED) is 0.210. The van der Waals surface area contributed by atoms with E-state index in [0.29, 0.717) is 0 Å². The largest absolute Gasteiger partial charge is 0.418 e. The molecule has 0 radical (unpaired) electrons. The van der Waals surface area contributed by atoms with Crippen LogP contribution in [0.5, 0.6) is 0 Å². The van der Waals surface area contributed by atoms with Gasteiger partial charge in [-0.05, 0) is 32.0 Å². The van der Waals surface area contributed by atoms with Gasteiger partial charge >= 0.3 is 0 Å². The average molecular weight is 329 g/mol. The number of unbranched alkanes of at least 4 members (excludes halogenated alkanes) is 10. The van der Waals surface area contributed by atoms with Gasteiger partial charge < -0.3 is 4.43 Å². The van der Waals surface area contributed by atoms with E-state index in [-0.39, 0.29) is 0 Å². The molecule has 2 heteroatoms. The van der Waals surface area contributed by atoms with Crippen molar-refractivity contribution in [3.05, 3.63) is 0 Å². The lowest BCUT2D eigenvalue weighted by Gasteiger charge is -2.21. The van der Waals surface area contributed by atoms with E-state index in [0.717, 1.165) is 12.5 Å². The van der Waals surface area contributed by atoms with Crippen molar-refractivity contribution >= 4 is 8.32 Å². The third kappa shape index (κ3) is 16.5. The first-order valence-corrected chi connectivity index (χ1v) is 13.2. The molecule has 0 amide bonds. The van der Waals surface area contributed by atoms with Crippen LogP contribution in [0.1, 0.15) is 97.8 Å². The minimum atomic E-state index is -1.31. The first-order chi connectivity index (χ1) is 10.5. The summed E-state index contributed by atoms with van der Waals surface area (Å²) in [6.45, 7) is 12.4. The topological polar surface area (TPSA) is 9.23 Å². The van der Waals surface area contributed by atoms with Crippen LogP contribution in [0, 0.1) is 5.92 Å². The lowest BCUT2D eigenvalue weighted by atomic mass is 10.0. The Morgan fingerprint density at radius 2 is 1.09 bits per heavy atom. The normalized spacial score (nSPS) is 12.3. The zero-order valence-corrected chi connectivity index (χ0v) is 17.4. The summed E-state index contributed by atoms with van der Waals surface area (Å²) in [5.74, 6) is 0.891. The summed E-state index contributed by atoms with van der Waals surface area (Å²) in [6.07, 6.45) is 17.3. The van der Waals surface area contributed by atoms with Crippen LogP contribution in [0.3, 0.4) is 0 Å². The summed E-state index contributed by atoms with van der Waals surface area (Å²) >= 11 is 0. The fraction of sp³-hybridized carbons (Fsp3) is 1.00. The summed E-state index contributed by atoms with van der Waals surface area (Å²) < 4.78 is 5.88. The van der Waals surface area contributed by atoms with Gasteiger partial charge in [0.15, 0.2) is 8.32 Å². The summed E-state index contributed by atoms with van der Waals surface area (Å²) in [4.78, 5) is 0. The fourth-order valence-electron chi connectivity index (χ4n) is 3.16. The molecule has 0 aromatic rings. The van der Waals surface area contributed by atoms with Crippen LogP contribution < -0.4 is 0 Å². The molecule has 0 bridgehead atoms. The Morgan fingerprint density at radius 3 is 1.50 bits per heavy atom. The van der Waals surface area contributed by atoms with Gasteiger partial charge in [-0.15, -0.1) is 0 Å². The van der Waals surface area contributed by atoms with Gasteiger partial charge in [0.2, 0.25) is 0 Å². The van der Waals surface area contributed by atoms with Crippen LogP contribution in [0.15, 0.2) is 0 Å². The molecule has 0 rings (SSSR count). The Labute approximate surface area is 142 Å². The molecular formula is C20H44OSi. The summed E-state index contributed by atoms with van der Waals surface area (Å²) in [5, 5.41) is 0. The Kier molecular flexibility index (Phi) is 14.9. The highest BCUT2D eigenvalue weighted by molar-refractivity contribution is 6.71. The zero-order valence-electron chi connectivity index (χ0n) is 16.4. The number of hydrogen-bond donors (Lipinski definition) is 0. The molecule has 0 saturated carbocycles. The Morgan fingerprint density at radius 1 is 0.682 bits per heavy atom. The highest BCUT2D eigenvalue weighted by Crippen LogP contribution is 2.18. The predicted molar refractivity (Wildman–Crippen MR) is 104 cm³/mol. The summed E-state index contributed by atoms with van der Waals surface area (Å²) in [6, 6.07) is 1.34. The van der Waals surface area contributed by atoms with Gasteiger partial charge in [-0.1, -0.05) is 90.9 Å². The Balaban J connectivity index is 3.15. The molecule has 0 aromatic carbocycles. The molecule has 0 aliphatic rings. The molecule has 0 spiro atoms. The van der Waals surface area contributed by atoms with Crippen LogP contribution in [0.25, 0.3) is 0 Å².